The molecule has 17 heavy (non-hydrogen) atoms. The minimum absolute atomic E-state index is 0.505. The minimum atomic E-state index is 0.505. The van der Waals surface area contributed by atoms with E-state index < -0.39 is 0 Å². The van der Waals surface area contributed by atoms with Gasteiger partial charge in [-0.1, -0.05) is 27.5 Å². The molecule has 0 aliphatic carbocycles. The number of nitrogens with two attached hydrogens (primary N) is 1. The zero-order valence-corrected chi connectivity index (χ0v) is 11.5. The van der Waals surface area contributed by atoms with Crippen molar-refractivity contribution in [3.8, 4) is 0 Å². The molecule has 0 bridgehead atoms. The molecule has 0 atom stereocenters. The topological polar surface area (TPSA) is 50.9 Å². The molecule has 0 saturated heterocycles. The van der Waals surface area contributed by atoms with Gasteiger partial charge in [-0.15, -0.1) is 0 Å². The number of aryl methyl sites for hydroxylation is 1. The molecule has 0 spiro atoms. The molecule has 2 aromatic rings. The highest BCUT2D eigenvalue weighted by molar-refractivity contribution is 9.10. The second-order valence-corrected chi connectivity index (χ2v) is 4.95. The Bertz CT molecular complexity index is 557. The fourth-order valence-corrected chi connectivity index (χ4v) is 1.87. The van der Waals surface area contributed by atoms with Gasteiger partial charge in [-0.2, -0.15) is 0 Å². The number of nitrogens with zero attached hydrogens (tertiary/aromatic N) is 1. The number of benzene rings is 1. The maximum absolute atomic E-state index is 6.04. The van der Waals surface area contributed by atoms with Gasteiger partial charge in [-0.25, -0.2) is 4.98 Å². The number of rotatable bonds is 2. The first kappa shape index (κ1) is 12.2. The molecule has 1 heterocycles. The first-order valence-electron chi connectivity index (χ1n) is 5.00. The Balaban J connectivity index is 2.28. The quantitative estimate of drug-likeness (QED) is 0.876. The van der Waals surface area contributed by atoms with Crippen molar-refractivity contribution >= 4 is 44.7 Å². The lowest BCUT2D eigenvalue weighted by atomic mass is 10.2. The molecule has 3 nitrogen and oxygen atoms in total. The molecule has 0 aliphatic rings. The van der Waals surface area contributed by atoms with Crippen LogP contribution < -0.4 is 11.1 Å². The Kier molecular flexibility index (Phi) is 3.54. The predicted molar refractivity (Wildman–Crippen MR) is 75.8 cm³/mol. The molecule has 0 fully saturated rings. The molecule has 0 radical (unpaired) electrons. The monoisotopic (exact) mass is 311 g/mol. The third-order valence-corrected chi connectivity index (χ3v) is 3.46. The third-order valence-electron chi connectivity index (χ3n) is 2.28. The summed E-state index contributed by atoms with van der Waals surface area (Å²) >= 11 is 9.49. The minimum Gasteiger partial charge on any atom is -0.397 e. The van der Waals surface area contributed by atoms with E-state index in [0.717, 1.165) is 15.7 Å². The molecule has 0 unspecified atom stereocenters. The van der Waals surface area contributed by atoms with Crippen LogP contribution in [0.1, 0.15) is 5.56 Å². The van der Waals surface area contributed by atoms with E-state index >= 15 is 0 Å². The van der Waals surface area contributed by atoms with Crippen LogP contribution in [-0.4, -0.2) is 4.98 Å². The molecule has 1 aromatic carbocycles. The molecule has 2 rings (SSSR count). The van der Waals surface area contributed by atoms with Crippen molar-refractivity contribution in [3.63, 3.8) is 0 Å². The molecule has 0 saturated carbocycles. The van der Waals surface area contributed by atoms with Crippen LogP contribution in [-0.2, 0) is 0 Å². The summed E-state index contributed by atoms with van der Waals surface area (Å²) in [6, 6.07) is 7.61. The highest BCUT2D eigenvalue weighted by Crippen LogP contribution is 2.26. The number of aromatic nitrogens is 1. The van der Waals surface area contributed by atoms with Crippen molar-refractivity contribution in [2.45, 2.75) is 6.92 Å². The first-order chi connectivity index (χ1) is 8.06. The largest absolute Gasteiger partial charge is 0.397 e. The van der Waals surface area contributed by atoms with E-state index in [1.54, 1.807) is 12.3 Å². The van der Waals surface area contributed by atoms with E-state index in [1.807, 2.05) is 25.1 Å². The highest BCUT2D eigenvalue weighted by atomic mass is 79.9. The average molecular weight is 313 g/mol. The number of nitrogens with one attached hydrogen (secondary N) is 1. The number of anilines is 3. The molecule has 1 aromatic heterocycles. The summed E-state index contributed by atoms with van der Waals surface area (Å²) in [5, 5.41) is 3.65. The number of nitrogen functional groups attached to an aromatic ring is 1. The lowest BCUT2D eigenvalue weighted by Gasteiger charge is -2.09. The van der Waals surface area contributed by atoms with E-state index in [1.165, 1.54) is 0 Å². The first-order valence-corrected chi connectivity index (χ1v) is 6.17. The summed E-state index contributed by atoms with van der Waals surface area (Å²) in [7, 11) is 0. The van der Waals surface area contributed by atoms with Gasteiger partial charge in [0.25, 0.3) is 0 Å². The van der Waals surface area contributed by atoms with Crippen LogP contribution in [0.15, 0.2) is 34.9 Å². The van der Waals surface area contributed by atoms with Crippen LogP contribution in [0, 0.1) is 6.92 Å². The van der Waals surface area contributed by atoms with E-state index in [0.29, 0.717) is 16.5 Å². The Morgan fingerprint density at radius 2 is 2.12 bits per heavy atom. The van der Waals surface area contributed by atoms with Crippen LogP contribution in [0.25, 0.3) is 0 Å². The predicted octanol–water partition coefficient (Wildman–Crippen LogP) is 4.13. The maximum atomic E-state index is 6.04. The lowest BCUT2D eigenvalue weighted by molar-refractivity contribution is 1.30. The molecule has 0 amide bonds. The Labute approximate surface area is 113 Å². The van der Waals surface area contributed by atoms with Crippen molar-refractivity contribution < 1.29 is 0 Å². The van der Waals surface area contributed by atoms with Crippen molar-refractivity contribution in [1.29, 1.82) is 0 Å². The average Bonchev–Trinajstić information content (AvgIpc) is 2.27. The van der Waals surface area contributed by atoms with Gasteiger partial charge in [-0.3, -0.25) is 0 Å². The normalized spacial score (nSPS) is 10.3. The van der Waals surface area contributed by atoms with Crippen LogP contribution in [0.3, 0.4) is 0 Å². The Morgan fingerprint density at radius 3 is 2.76 bits per heavy atom. The smallest absolute Gasteiger partial charge is 0.149 e. The highest BCUT2D eigenvalue weighted by Gasteiger charge is 2.04. The van der Waals surface area contributed by atoms with Crippen molar-refractivity contribution in [1.82, 2.24) is 4.98 Å². The van der Waals surface area contributed by atoms with Crippen LogP contribution in [0.2, 0.25) is 5.02 Å². The van der Waals surface area contributed by atoms with Gasteiger partial charge in [0, 0.05) is 10.2 Å². The summed E-state index contributed by atoms with van der Waals surface area (Å²) in [5.41, 5.74) is 8.21. The van der Waals surface area contributed by atoms with Crippen molar-refractivity contribution in [2.24, 2.45) is 0 Å². The summed E-state index contributed by atoms with van der Waals surface area (Å²) in [5.74, 6) is 0.600. The third kappa shape index (κ3) is 2.90. The van der Waals surface area contributed by atoms with Crippen molar-refractivity contribution in [3.05, 3.63) is 45.5 Å². The summed E-state index contributed by atoms with van der Waals surface area (Å²) < 4.78 is 1.07. The standard InChI is InChI=1S/C12H11BrClN3/c1-7-4-9(2-3-10(7)13)17-12-11(14)5-8(15)6-16-12/h2-6H,15H2,1H3,(H,16,17). The molecule has 0 aliphatic heterocycles. The fraction of sp³-hybridized carbons (Fsp3) is 0.0833. The molecule has 5 heteroatoms. The SMILES string of the molecule is Cc1cc(Nc2ncc(N)cc2Cl)ccc1Br. The van der Waals surface area contributed by atoms with E-state index in [-0.39, 0.29) is 0 Å². The molecule has 88 valence electrons. The number of hydrogen-bond acceptors (Lipinski definition) is 3. The Hall–Kier alpha value is -1.26. The summed E-state index contributed by atoms with van der Waals surface area (Å²) in [6.45, 7) is 2.02. The van der Waals surface area contributed by atoms with E-state index in [9.17, 15) is 0 Å². The fourth-order valence-electron chi connectivity index (χ4n) is 1.40. The van der Waals surface area contributed by atoms with Crippen LogP contribution in [0.4, 0.5) is 17.2 Å². The van der Waals surface area contributed by atoms with Gasteiger partial charge in [0.05, 0.1) is 16.9 Å². The molecular weight excluding hydrogens is 302 g/mol. The maximum Gasteiger partial charge on any atom is 0.149 e. The van der Waals surface area contributed by atoms with Gasteiger partial charge >= 0.3 is 0 Å². The second-order valence-electron chi connectivity index (χ2n) is 3.69. The zero-order chi connectivity index (χ0) is 12.4. The van der Waals surface area contributed by atoms with E-state index in [4.69, 9.17) is 17.3 Å². The molecular formula is C12H11BrClN3. The van der Waals surface area contributed by atoms with Gasteiger partial charge in [-0.05, 0) is 36.8 Å². The van der Waals surface area contributed by atoms with Crippen molar-refractivity contribution in [2.75, 3.05) is 11.1 Å². The lowest BCUT2D eigenvalue weighted by Crippen LogP contribution is -1.96. The zero-order valence-electron chi connectivity index (χ0n) is 9.17. The number of pyridine rings is 1. The summed E-state index contributed by atoms with van der Waals surface area (Å²) in [4.78, 5) is 4.15. The van der Waals surface area contributed by atoms with Crippen LogP contribution in [0.5, 0.6) is 0 Å². The number of halogens is 2. The van der Waals surface area contributed by atoms with Gasteiger partial charge in [0.2, 0.25) is 0 Å². The summed E-state index contributed by atoms with van der Waals surface area (Å²) in [6.07, 6.45) is 1.57. The van der Waals surface area contributed by atoms with Crippen LogP contribution >= 0.6 is 27.5 Å². The van der Waals surface area contributed by atoms with Gasteiger partial charge < -0.3 is 11.1 Å². The van der Waals surface area contributed by atoms with Gasteiger partial charge in [0.1, 0.15) is 5.82 Å². The second kappa shape index (κ2) is 4.94. The van der Waals surface area contributed by atoms with Gasteiger partial charge in [0.15, 0.2) is 0 Å². The number of hydrogen-bond donors (Lipinski definition) is 2. The Morgan fingerprint density at radius 1 is 1.35 bits per heavy atom. The molecule has 3 N–H and O–H groups in total. The van der Waals surface area contributed by atoms with E-state index in [2.05, 4.69) is 26.2 Å².